The average molecular weight is 229 g/mol. The number of hydrogen-bond donors (Lipinski definition) is 0. The molecular weight excluding hydrogens is 222 g/mol. The van der Waals surface area contributed by atoms with E-state index in [4.69, 9.17) is 4.52 Å². The van der Waals surface area contributed by atoms with Crippen molar-refractivity contribution in [3.05, 3.63) is 47.1 Å². The topological polar surface area (TPSA) is 86.7 Å². The molecule has 0 amide bonds. The van der Waals surface area contributed by atoms with Crippen molar-refractivity contribution < 1.29 is 4.52 Å². The third-order valence-corrected chi connectivity index (χ3v) is 2.31. The van der Waals surface area contributed by atoms with E-state index < -0.39 is 0 Å². The Morgan fingerprint density at radius 3 is 3.12 bits per heavy atom. The van der Waals surface area contributed by atoms with Crippen molar-refractivity contribution in [3.63, 3.8) is 0 Å². The average Bonchev–Trinajstić information content (AvgIpc) is 2.86. The molecule has 0 aliphatic carbocycles. The second-order valence-corrected chi connectivity index (χ2v) is 3.38. The zero-order valence-corrected chi connectivity index (χ0v) is 8.65. The van der Waals surface area contributed by atoms with Crippen LogP contribution in [0.1, 0.15) is 5.89 Å². The Labute approximate surface area is 94.7 Å². The maximum absolute atomic E-state index is 12.0. The van der Waals surface area contributed by atoms with Crippen LogP contribution >= 0.6 is 0 Å². The van der Waals surface area contributed by atoms with Gasteiger partial charge in [-0.2, -0.15) is 10.1 Å². The van der Waals surface area contributed by atoms with E-state index in [1.165, 1.54) is 17.2 Å². The summed E-state index contributed by atoms with van der Waals surface area (Å²) in [6.45, 7) is 0.156. The largest absolute Gasteiger partial charge is 0.338 e. The van der Waals surface area contributed by atoms with Gasteiger partial charge in [-0.3, -0.25) is 9.78 Å². The second kappa shape index (κ2) is 3.78. The van der Waals surface area contributed by atoms with Crippen LogP contribution in [-0.2, 0) is 6.54 Å². The van der Waals surface area contributed by atoms with Crippen molar-refractivity contribution in [2.75, 3.05) is 0 Å². The van der Waals surface area contributed by atoms with E-state index in [1.807, 2.05) is 0 Å². The maximum Gasteiger partial charge on any atom is 0.276 e. The summed E-state index contributed by atoms with van der Waals surface area (Å²) in [5.74, 6) is 0.336. The van der Waals surface area contributed by atoms with Gasteiger partial charge in [0.1, 0.15) is 6.54 Å². The quantitative estimate of drug-likeness (QED) is 0.624. The number of pyridine rings is 1. The monoisotopic (exact) mass is 229 g/mol. The molecule has 0 saturated carbocycles. The van der Waals surface area contributed by atoms with Gasteiger partial charge in [-0.05, 0) is 12.1 Å². The molecule has 3 heterocycles. The Morgan fingerprint density at radius 2 is 2.29 bits per heavy atom. The molecule has 0 bridgehead atoms. The Balaban J connectivity index is 2.12. The lowest BCUT2D eigenvalue weighted by atomic mass is 10.3. The highest BCUT2D eigenvalue weighted by atomic mass is 16.5. The minimum atomic E-state index is -0.228. The van der Waals surface area contributed by atoms with Crippen molar-refractivity contribution in [2.24, 2.45) is 0 Å². The van der Waals surface area contributed by atoms with Crippen LogP contribution < -0.4 is 5.56 Å². The lowest BCUT2D eigenvalue weighted by Gasteiger charge is -2.01. The molecule has 0 unspecified atom stereocenters. The maximum atomic E-state index is 12.0. The molecule has 0 saturated heterocycles. The third-order valence-electron chi connectivity index (χ3n) is 2.31. The van der Waals surface area contributed by atoms with Crippen LogP contribution in [0.3, 0.4) is 0 Å². The van der Waals surface area contributed by atoms with Crippen LogP contribution in [0.2, 0.25) is 0 Å². The summed E-state index contributed by atoms with van der Waals surface area (Å²) in [5.41, 5.74) is 0.341. The molecule has 0 aromatic carbocycles. The normalized spacial score (nSPS) is 10.8. The highest BCUT2D eigenvalue weighted by Crippen LogP contribution is 2.03. The van der Waals surface area contributed by atoms with E-state index in [2.05, 4.69) is 20.2 Å². The van der Waals surface area contributed by atoms with Gasteiger partial charge in [0.25, 0.3) is 5.56 Å². The van der Waals surface area contributed by atoms with Gasteiger partial charge in [-0.25, -0.2) is 4.68 Å². The minimum Gasteiger partial charge on any atom is -0.338 e. The first kappa shape index (κ1) is 9.64. The number of fused-ring (bicyclic) bond motifs is 1. The standard InChI is InChI=1S/C10H7N5O2/c16-10-7-2-1-3-11-8(7)4-13-15(10)5-9-12-6-14-17-9/h1-4,6H,5H2. The predicted octanol–water partition coefficient (Wildman–Crippen LogP) is 0.223. The lowest BCUT2D eigenvalue weighted by molar-refractivity contribution is 0.362. The SMILES string of the molecule is O=c1c2cccnc2cnn1Cc1ncno1. The summed E-state index contributed by atoms with van der Waals surface area (Å²) in [4.78, 5) is 19.9. The number of rotatable bonds is 2. The summed E-state index contributed by atoms with van der Waals surface area (Å²) in [6, 6.07) is 3.41. The zero-order valence-electron chi connectivity index (χ0n) is 8.65. The first-order valence-corrected chi connectivity index (χ1v) is 4.91. The number of aromatic nitrogens is 5. The van der Waals surface area contributed by atoms with Crippen molar-refractivity contribution in [1.29, 1.82) is 0 Å². The molecular formula is C10H7N5O2. The van der Waals surface area contributed by atoms with Crippen molar-refractivity contribution >= 4 is 10.9 Å². The minimum absolute atomic E-state index is 0.156. The van der Waals surface area contributed by atoms with Gasteiger partial charge in [0.15, 0.2) is 6.33 Å². The number of nitrogens with zero attached hydrogens (tertiary/aromatic N) is 5. The van der Waals surface area contributed by atoms with Crippen LogP contribution in [0.5, 0.6) is 0 Å². The summed E-state index contributed by atoms with van der Waals surface area (Å²) in [7, 11) is 0. The van der Waals surface area contributed by atoms with Gasteiger partial charge in [0.2, 0.25) is 5.89 Å². The second-order valence-electron chi connectivity index (χ2n) is 3.38. The van der Waals surface area contributed by atoms with Crippen LogP contribution in [0.4, 0.5) is 0 Å². The third kappa shape index (κ3) is 1.67. The fourth-order valence-electron chi connectivity index (χ4n) is 1.52. The van der Waals surface area contributed by atoms with E-state index in [1.54, 1.807) is 18.3 Å². The van der Waals surface area contributed by atoms with Crippen LogP contribution in [0.25, 0.3) is 10.9 Å². The zero-order chi connectivity index (χ0) is 11.7. The highest BCUT2D eigenvalue weighted by Gasteiger charge is 2.07. The fraction of sp³-hybridized carbons (Fsp3) is 0.100. The molecule has 3 rings (SSSR count). The molecule has 0 N–H and O–H groups in total. The van der Waals surface area contributed by atoms with Gasteiger partial charge in [0.05, 0.1) is 17.1 Å². The molecule has 7 nitrogen and oxygen atoms in total. The fourth-order valence-corrected chi connectivity index (χ4v) is 1.52. The molecule has 0 fully saturated rings. The van der Waals surface area contributed by atoms with Crippen LogP contribution in [0, 0.1) is 0 Å². The van der Waals surface area contributed by atoms with E-state index >= 15 is 0 Å². The predicted molar refractivity (Wildman–Crippen MR) is 57.2 cm³/mol. The van der Waals surface area contributed by atoms with E-state index in [9.17, 15) is 4.79 Å². The van der Waals surface area contributed by atoms with E-state index in [0.29, 0.717) is 16.8 Å². The molecule has 0 spiro atoms. The molecule has 7 heteroatoms. The molecule has 0 aliphatic rings. The van der Waals surface area contributed by atoms with Crippen molar-refractivity contribution in [3.8, 4) is 0 Å². The molecule has 0 atom stereocenters. The van der Waals surface area contributed by atoms with E-state index in [0.717, 1.165) is 0 Å². The van der Waals surface area contributed by atoms with Gasteiger partial charge in [-0.1, -0.05) is 5.16 Å². The highest BCUT2D eigenvalue weighted by molar-refractivity contribution is 5.75. The Kier molecular flexibility index (Phi) is 2.14. The first-order chi connectivity index (χ1) is 8.34. The first-order valence-electron chi connectivity index (χ1n) is 4.91. The molecule has 0 aliphatic heterocycles. The van der Waals surface area contributed by atoms with Gasteiger partial charge < -0.3 is 4.52 Å². The van der Waals surface area contributed by atoms with Gasteiger partial charge in [-0.15, -0.1) is 0 Å². The summed E-state index contributed by atoms with van der Waals surface area (Å²) in [6.07, 6.45) is 4.43. The summed E-state index contributed by atoms with van der Waals surface area (Å²) >= 11 is 0. The van der Waals surface area contributed by atoms with E-state index in [-0.39, 0.29) is 12.1 Å². The van der Waals surface area contributed by atoms with Gasteiger partial charge >= 0.3 is 0 Å². The summed E-state index contributed by atoms with van der Waals surface area (Å²) < 4.78 is 6.09. The van der Waals surface area contributed by atoms with Gasteiger partial charge in [0, 0.05) is 6.20 Å². The summed E-state index contributed by atoms with van der Waals surface area (Å²) in [5, 5.41) is 7.98. The lowest BCUT2D eigenvalue weighted by Crippen LogP contribution is -2.23. The van der Waals surface area contributed by atoms with Crippen molar-refractivity contribution in [1.82, 2.24) is 24.9 Å². The van der Waals surface area contributed by atoms with Crippen LogP contribution in [-0.4, -0.2) is 24.9 Å². The smallest absolute Gasteiger partial charge is 0.276 e. The molecule has 84 valence electrons. The van der Waals surface area contributed by atoms with Crippen LogP contribution in [0.15, 0.2) is 40.2 Å². The molecule has 17 heavy (non-hydrogen) atoms. The van der Waals surface area contributed by atoms with Crippen molar-refractivity contribution in [2.45, 2.75) is 6.54 Å². The molecule has 0 radical (unpaired) electrons. The molecule has 3 aromatic heterocycles. The Hall–Kier alpha value is -2.57. The Morgan fingerprint density at radius 1 is 1.35 bits per heavy atom. The molecule has 3 aromatic rings. The Bertz CT molecular complexity index is 704. The number of hydrogen-bond acceptors (Lipinski definition) is 6.